The Hall–Kier alpha value is -0.570. The summed E-state index contributed by atoms with van der Waals surface area (Å²) < 4.78 is 0. The smallest absolute Gasteiger partial charge is 0.0409 e. The fourth-order valence-corrected chi connectivity index (χ4v) is 2.73. The highest BCUT2D eigenvalue weighted by atomic mass is 35.5. The van der Waals surface area contributed by atoms with Crippen LogP contribution in [0.1, 0.15) is 32.3 Å². The molecule has 1 atom stereocenters. The predicted octanol–water partition coefficient (Wildman–Crippen LogP) is 3.55. The second-order valence-electron chi connectivity index (χ2n) is 6.04. The zero-order chi connectivity index (χ0) is 13.8. The number of nitrogens with one attached hydrogen (secondary N) is 1. The Kier molecular flexibility index (Phi) is 5.26. The van der Waals surface area contributed by atoms with E-state index in [1.807, 2.05) is 12.1 Å². The maximum atomic E-state index is 6.05. The van der Waals surface area contributed by atoms with E-state index in [4.69, 9.17) is 11.6 Å². The molecule has 106 valence electrons. The second-order valence-corrected chi connectivity index (χ2v) is 6.48. The summed E-state index contributed by atoms with van der Waals surface area (Å²) in [6.07, 6.45) is 2.70. The Labute approximate surface area is 122 Å². The molecule has 0 amide bonds. The van der Waals surface area contributed by atoms with Gasteiger partial charge in [0.15, 0.2) is 0 Å². The van der Waals surface area contributed by atoms with Gasteiger partial charge in [-0.1, -0.05) is 37.6 Å². The van der Waals surface area contributed by atoms with Gasteiger partial charge in [0, 0.05) is 30.2 Å². The number of hydrogen-bond donors (Lipinski definition) is 1. The van der Waals surface area contributed by atoms with Crippen LogP contribution in [0.3, 0.4) is 0 Å². The number of nitrogens with zero attached hydrogens (tertiary/aromatic N) is 1. The van der Waals surface area contributed by atoms with Crippen molar-refractivity contribution in [1.29, 1.82) is 0 Å². The summed E-state index contributed by atoms with van der Waals surface area (Å²) in [7, 11) is 2.21. The van der Waals surface area contributed by atoms with Gasteiger partial charge in [0.05, 0.1) is 0 Å². The lowest BCUT2D eigenvalue weighted by Crippen LogP contribution is -2.43. The molecule has 1 aromatic carbocycles. The Morgan fingerprint density at radius 1 is 1.37 bits per heavy atom. The zero-order valence-electron chi connectivity index (χ0n) is 12.2. The molecule has 0 aliphatic heterocycles. The molecule has 1 unspecified atom stereocenters. The molecular formula is C16H25ClN2. The lowest BCUT2D eigenvalue weighted by molar-refractivity contribution is 0.179. The van der Waals surface area contributed by atoms with Crippen molar-refractivity contribution < 1.29 is 0 Å². The highest BCUT2D eigenvalue weighted by Gasteiger charge is 2.24. The number of halogens is 1. The third-order valence-electron chi connectivity index (χ3n) is 3.85. The first-order chi connectivity index (χ1) is 9.06. The molecule has 1 aromatic rings. The molecule has 1 saturated carbocycles. The molecule has 0 bridgehead atoms. The van der Waals surface area contributed by atoms with Gasteiger partial charge in [0.2, 0.25) is 0 Å². The topological polar surface area (TPSA) is 15.3 Å². The normalized spacial score (nSPS) is 17.2. The average molecular weight is 281 g/mol. The summed E-state index contributed by atoms with van der Waals surface area (Å²) in [6, 6.07) is 9.51. The zero-order valence-corrected chi connectivity index (χ0v) is 13.0. The molecule has 1 fully saturated rings. The third-order valence-corrected chi connectivity index (χ3v) is 4.08. The lowest BCUT2D eigenvalue weighted by Gasteiger charge is -2.31. The maximum Gasteiger partial charge on any atom is 0.0409 e. The quantitative estimate of drug-likeness (QED) is 0.822. The fraction of sp³-hybridized carbons (Fsp3) is 0.625. The number of rotatable bonds is 7. The Morgan fingerprint density at radius 3 is 2.68 bits per heavy atom. The average Bonchev–Trinajstić information content (AvgIpc) is 3.12. The molecule has 1 aliphatic rings. The van der Waals surface area contributed by atoms with Gasteiger partial charge in [0.1, 0.15) is 0 Å². The second kappa shape index (κ2) is 6.74. The van der Waals surface area contributed by atoms with Crippen molar-refractivity contribution in [3.63, 3.8) is 0 Å². The van der Waals surface area contributed by atoms with E-state index < -0.39 is 0 Å². The van der Waals surface area contributed by atoms with E-state index in [9.17, 15) is 0 Å². The summed E-state index contributed by atoms with van der Waals surface area (Å²) in [6.45, 7) is 6.64. The number of hydrogen-bond acceptors (Lipinski definition) is 2. The SMILES string of the molecule is CC(C)C(CNC1CC1)N(C)Cc1cccc(Cl)c1. The van der Waals surface area contributed by atoms with Crippen LogP contribution in [0.25, 0.3) is 0 Å². The Bertz CT molecular complexity index is 401. The van der Waals surface area contributed by atoms with E-state index in [2.05, 4.69) is 43.2 Å². The van der Waals surface area contributed by atoms with Crippen molar-refractivity contribution in [2.75, 3.05) is 13.6 Å². The minimum atomic E-state index is 0.569. The lowest BCUT2D eigenvalue weighted by atomic mass is 10.0. The van der Waals surface area contributed by atoms with Crippen LogP contribution >= 0.6 is 11.6 Å². The Balaban J connectivity index is 1.91. The van der Waals surface area contributed by atoms with Crippen LogP contribution in [-0.2, 0) is 6.54 Å². The van der Waals surface area contributed by atoms with Crippen LogP contribution in [0.2, 0.25) is 5.02 Å². The van der Waals surface area contributed by atoms with Crippen LogP contribution < -0.4 is 5.32 Å². The van der Waals surface area contributed by atoms with Gasteiger partial charge in [-0.05, 0) is 43.5 Å². The van der Waals surface area contributed by atoms with Crippen molar-refractivity contribution in [2.45, 2.75) is 45.3 Å². The van der Waals surface area contributed by atoms with Crippen molar-refractivity contribution in [3.05, 3.63) is 34.9 Å². The van der Waals surface area contributed by atoms with E-state index in [0.717, 1.165) is 24.2 Å². The van der Waals surface area contributed by atoms with Crippen LogP contribution in [0.15, 0.2) is 24.3 Å². The molecule has 0 aromatic heterocycles. The van der Waals surface area contributed by atoms with Crippen LogP contribution in [0.4, 0.5) is 0 Å². The van der Waals surface area contributed by atoms with Gasteiger partial charge in [-0.3, -0.25) is 4.90 Å². The number of likely N-dealkylation sites (N-methyl/N-ethyl adjacent to an activating group) is 1. The molecule has 19 heavy (non-hydrogen) atoms. The van der Waals surface area contributed by atoms with Crippen molar-refractivity contribution in [1.82, 2.24) is 10.2 Å². The molecule has 0 spiro atoms. The van der Waals surface area contributed by atoms with Crippen molar-refractivity contribution in [2.24, 2.45) is 5.92 Å². The largest absolute Gasteiger partial charge is 0.312 e. The van der Waals surface area contributed by atoms with E-state index in [-0.39, 0.29) is 0 Å². The van der Waals surface area contributed by atoms with Gasteiger partial charge in [-0.2, -0.15) is 0 Å². The minimum absolute atomic E-state index is 0.569. The fourth-order valence-electron chi connectivity index (χ4n) is 2.52. The van der Waals surface area contributed by atoms with Gasteiger partial charge in [-0.15, -0.1) is 0 Å². The molecular weight excluding hydrogens is 256 g/mol. The van der Waals surface area contributed by atoms with Gasteiger partial charge < -0.3 is 5.32 Å². The first kappa shape index (κ1) is 14.8. The predicted molar refractivity (Wildman–Crippen MR) is 82.6 cm³/mol. The maximum absolute atomic E-state index is 6.05. The van der Waals surface area contributed by atoms with Crippen molar-refractivity contribution >= 4 is 11.6 Å². The monoisotopic (exact) mass is 280 g/mol. The highest BCUT2D eigenvalue weighted by Crippen LogP contribution is 2.20. The van der Waals surface area contributed by atoms with Gasteiger partial charge >= 0.3 is 0 Å². The van der Waals surface area contributed by atoms with Crippen LogP contribution in [0, 0.1) is 5.92 Å². The summed E-state index contributed by atoms with van der Waals surface area (Å²) >= 11 is 6.05. The van der Waals surface area contributed by atoms with E-state index in [0.29, 0.717) is 12.0 Å². The molecule has 1 aliphatic carbocycles. The van der Waals surface area contributed by atoms with Crippen molar-refractivity contribution in [3.8, 4) is 0 Å². The minimum Gasteiger partial charge on any atom is -0.312 e. The van der Waals surface area contributed by atoms with E-state index in [1.54, 1.807) is 0 Å². The van der Waals surface area contributed by atoms with Gasteiger partial charge in [0.25, 0.3) is 0 Å². The molecule has 0 heterocycles. The van der Waals surface area contributed by atoms with E-state index in [1.165, 1.54) is 18.4 Å². The summed E-state index contributed by atoms with van der Waals surface area (Å²) in [5.74, 6) is 0.649. The van der Waals surface area contributed by atoms with Gasteiger partial charge in [-0.25, -0.2) is 0 Å². The van der Waals surface area contributed by atoms with Crippen LogP contribution in [0.5, 0.6) is 0 Å². The molecule has 0 saturated heterocycles. The molecule has 3 heteroatoms. The number of benzene rings is 1. The molecule has 2 rings (SSSR count). The third kappa shape index (κ3) is 4.79. The summed E-state index contributed by atoms with van der Waals surface area (Å²) in [5.41, 5.74) is 1.28. The summed E-state index contributed by atoms with van der Waals surface area (Å²) in [4.78, 5) is 2.44. The summed E-state index contributed by atoms with van der Waals surface area (Å²) in [5, 5.41) is 4.47. The molecule has 0 radical (unpaired) electrons. The molecule has 2 nitrogen and oxygen atoms in total. The van der Waals surface area contributed by atoms with Crippen LogP contribution in [-0.4, -0.2) is 30.6 Å². The van der Waals surface area contributed by atoms with E-state index >= 15 is 0 Å². The standard InChI is InChI=1S/C16H25ClN2/c1-12(2)16(10-18-15-7-8-15)19(3)11-13-5-4-6-14(17)9-13/h4-6,9,12,15-16,18H,7-8,10-11H2,1-3H3. The first-order valence-corrected chi connectivity index (χ1v) is 7.62. The first-order valence-electron chi connectivity index (χ1n) is 7.24. The highest BCUT2D eigenvalue weighted by molar-refractivity contribution is 6.30. The molecule has 1 N–H and O–H groups in total. The Morgan fingerprint density at radius 2 is 2.11 bits per heavy atom.